The van der Waals surface area contributed by atoms with Crippen LogP contribution in [-0.2, 0) is 4.79 Å². The second-order valence-electron chi connectivity index (χ2n) is 7.22. The van der Waals surface area contributed by atoms with Gasteiger partial charge < -0.3 is 5.32 Å². The predicted molar refractivity (Wildman–Crippen MR) is 119 cm³/mol. The molecule has 1 fully saturated rings. The summed E-state index contributed by atoms with van der Waals surface area (Å²) in [5.41, 5.74) is 5.98. The SMILES string of the molecule is C/C(=N\NC(=O)c1sc2cc(C)ccc2c1Cl)c1ccc(NC(=O)C2CC2)cc1. The Kier molecular flexibility index (Phi) is 5.39. The quantitative estimate of drug-likeness (QED) is 0.426. The van der Waals surface area contributed by atoms with Crippen molar-refractivity contribution >= 4 is 56.2 Å². The Balaban J connectivity index is 1.44. The van der Waals surface area contributed by atoms with Crippen molar-refractivity contribution < 1.29 is 9.59 Å². The lowest BCUT2D eigenvalue weighted by molar-refractivity contribution is -0.117. The number of nitrogens with one attached hydrogen (secondary N) is 2. The number of hydrogen-bond donors (Lipinski definition) is 2. The summed E-state index contributed by atoms with van der Waals surface area (Å²) in [5.74, 6) is -0.0924. The monoisotopic (exact) mass is 425 g/mol. The minimum absolute atomic E-state index is 0.0748. The summed E-state index contributed by atoms with van der Waals surface area (Å²) in [6, 6.07) is 13.3. The van der Waals surface area contributed by atoms with Gasteiger partial charge in [-0.2, -0.15) is 5.10 Å². The maximum Gasteiger partial charge on any atom is 0.283 e. The third-order valence-electron chi connectivity index (χ3n) is 4.83. The number of aryl methyl sites for hydroxylation is 1. The van der Waals surface area contributed by atoms with Crippen LogP contribution in [0, 0.1) is 12.8 Å². The van der Waals surface area contributed by atoms with Gasteiger partial charge in [-0.1, -0.05) is 35.9 Å². The van der Waals surface area contributed by atoms with Crippen molar-refractivity contribution in [3.05, 3.63) is 63.5 Å². The molecule has 29 heavy (non-hydrogen) atoms. The minimum Gasteiger partial charge on any atom is -0.326 e. The highest BCUT2D eigenvalue weighted by atomic mass is 35.5. The molecule has 0 spiro atoms. The van der Waals surface area contributed by atoms with Crippen molar-refractivity contribution in [2.24, 2.45) is 11.0 Å². The van der Waals surface area contributed by atoms with E-state index >= 15 is 0 Å². The molecule has 1 aliphatic rings. The molecule has 0 aliphatic heterocycles. The van der Waals surface area contributed by atoms with Crippen LogP contribution < -0.4 is 10.7 Å². The van der Waals surface area contributed by atoms with Crippen LogP contribution in [-0.4, -0.2) is 17.5 Å². The molecule has 0 saturated heterocycles. The number of amides is 2. The molecule has 3 aromatic rings. The van der Waals surface area contributed by atoms with Crippen LogP contribution in [0.15, 0.2) is 47.6 Å². The summed E-state index contributed by atoms with van der Waals surface area (Å²) in [7, 11) is 0. The molecule has 7 heteroatoms. The Morgan fingerprint density at radius 2 is 1.86 bits per heavy atom. The Bertz CT molecular complexity index is 1130. The van der Waals surface area contributed by atoms with E-state index in [1.54, 1.807) is 0 Å². The van der Waals surface area contributed by atoms with Crippen LogP contribution in [0.5, 0.6) is 0 Å². The number of carbonyl (C=O) groups excluding carboxylic acids is 2. The molecular formula is C22H20ClN3O2S. The van der Waals surface area contributed by atoms with Crippen molar-refractivity contribution in [1.29, 1.82) is 0 Å². The van der Waals surface area contributed by atoms with Gasteiger partial charge in [0.25, 0.3) is 5.91 Å². The fourth-order valence-corrected chi connectivity index (χ4v) is 4.46. The number of benzene rings is 2. The molecule has 0 bridgehead atoms. The first-order valence-corrected chi connectivity index (χ1v) is 10.6. The summed E-state index contributed by atoms with van der Waals surface area (Å²) in [4.78, 5) is 24.8. The van der Waals surface area contributed by atoms with E-state index in [2.05, 4.69) is 15.8 Å². The van der Waals surface area contributed by atoms with Gasteiger partial charge in [0, 0.05) is 21.7 Å². The maximum atomic E-state index is 12.6. The standard InChI is InChI=1S/C22H20ClN3O2S/c1-12-3-10-17-18(11-12)29-20(19(17)23)22(28)26-25-13(2)14-6-8-16(9-7-14)24-21(27)15-4-5-15/h3,6-11,15H,4-5H2,1-2H3,(H,24,27)(H,26,28)/b25-13+. The van der Waals surface area contributed by atoms with Gasteiger partial charge in [0.1, 0.15) is 4.88 Å². The number of rotatable bonds is 5. The molecule has 1 heterocycles. The summed E-state index contributed by atoms with van der Waals surface area (Å²) in [6.07, 6.45) is 1.94. The molecule has 148 valence electrons. The fraction of sp³-hybridized carbons (Fsp3) is 0.227. The lowest BCUT2D eigenvalue weighted by Crippen LogP contribution is -2.18. The molecule has 0 radical (unpaired) electrons. The van der Waals surface area contributed by atoms with Crippen molar-refractivity contribution in [1.82, 2.24) is 5.43 Å². The van der Waals surface area contributed by atoms with Gasteiger partial charge in [0.05, 0.1) is 10.7 Å². The van der Waals surface area contributed by atoms with Gasteiger partial charge in [-0.3, -0.25) is 9.59 Å². The van der Waals surface area contributed by atoms with E-state index in [9.17, 15) is 9.59 Å². The molecule has 2 amide bonds. The number of anilines is 1. The van der Waals surface area contributed by atoms with Crippen LogP contribution >= 0.6 is 22.9 Å². The zero-order valence-electron chi connectivity index (χ0n) is 16.1. The average Bonchev–Trinajstić information content (AvgIpc) is 3.51. The van der Waals surface area contributed by atoms with Crippen LogP contribution in [0.25, 0.3) is 10.1 Å². The number of fused-ring (bicyclic) bond motifs is 1. The minimum atomic E-state index is -0.332. The van der Waals surface area contributed by atoms with Crippen molar-refractivity contribution in [3.8, 4) is 0 Å². The first-order valence-electron chi connectivity index (χ1n) is 9.37. The third kappa shape index (κ3) is 4.33. The molecule has 0 atom stereocenters. The van der Waals surface area contributed by atoms with Crippen LogP contribution in [0.4, 0.5) is 5.69 Å². The summed E-state index contributed by atoms with van der Waals surface area (Å²) in [6.45, 7) is 3.82. The smallest absolute Gasteiger partial charge is 0.283 e. The Morgan fingerprint density at radius 3 is 2.55 bits per heavy atom. The first kappa shape index (κ1) is 19.6. The van der Waals surface area contributed by atoms with E-state index in [0.717, 1.165) is 39.7 Å². The number of hydrogen-bond acceptors (Lipinski definition) is 4. The Labute approximate surface area is 177 Å². The average molecular weight is 426 g/mol. The molecule has 2 aromatic carbocycles. The van der Waals surface area contributed by atoms with E-state index in [1.807, 2.05) is 56.3 Å². The zero-order chi connectivity index (χ0) is 20.5. The maximum absolute atomic E-state index is 12.6. The van der Waals surface area contributed by atoms with Crippen LogP contribution in [0.3, 0.4) is 0 Å². The van der Waals surface area contributed by atoms with Gasteiger partial charge in [0.15, 0.2) is 0 Å². The van der Waals surface area contributed by atoms with Crippen molar-refractivity contribution in [3.63, 3.8) is 0 Å². The number of carbonyl (C=O) groups is 2. The molecule has 1 aromatic heterocycles. The molecule has 1 aliphatic carbocycles. The van der Waals surface area contributed by atoms with Gasteiger partial charge in [0.2, 0.25) is 5.91 Å². The lowest BCUT2D eigenvalue weighted by atomic mass is 10.1. The van der Waals surface area contributed by atoms with Gasteiger partial charge in [-0.25, -0.2) is 5.43 Å². The number of nitrogens with zero attached hydrogens (tertiary/aromatic N) is 1. The molecule has 1 saturated carbocycles. The van der Waals surface area contributed by atoms with E-state index < -0.39 is 0 Å². The molecule has 0 unspecified atom stereocenters. The predicted octanol–water partition coefficient (Wildman–Crippen LogP) is 5.37. The topological polar surface area (TPSA) is 70.6 Å². The highest BCUT2D eigenvalue weighted by Gasteiger charge is 2.29. The highest BCUT2D eigenvalue weighted by Crippen LogP contribution is 2.35. The van der Waals surface area contributed by atoms with Gasteiger partial charge in [-0.05, 0) is 56.0 Å². The molecular weight excluding hydrogens is 406 g/mol. The first-order chi connectivity index (χ1) is 13.9. The molecule has 4 rings (SSSR count). The lowest BCUT2D eigenvalue weighted by Gasteiger charge is -2.06. The number of thiophene rings is 1. The Morgan fingerprint density at radius 1 is 1.14 bits per heavy atom. The van der Waals surface area contributed by atoms with Crippen molar-refractivity contribution in [2.75, 3.05) is 5.32 Å². The Hall–Kier alpha value is -2.70. The third-order valence-corrected chi connectivity index (χ3v) is 6.49. The second-order valence-corrected chi connectivity index (χ2v) is 8.65. The van der Waals surface area contributed by atoms with Crippen LogP contribution in [0.1, 0.15) is 40.6 Å². The zero-order valence-corrected chi connectivity index (χ0v) is 17.7. The van der Waals surface area contributed by atoms with E-state index in [-0.39, 0.29) is 17.7 Å². The van der Waals surface area contributed by atoms with Crippen LogP contribution in [0.2, 0.25) is 5.02 Å². The van der Waals surface area contributed by atoms with Gasteiger partial charge >= 0.3 is 0 Å². The number of hydrazone groups is 1. The molecule has 2 N–H and O–H groups in total. The van der Waals surface area contributed by atoms with Crippen molar-refractivity contribution in [2.45, 2.75) is 26.7 Å². The number of halogens is 1. The summed E-state index contributed by atoms with van der Waals surface area (Å²) >= 11 is 7.74. The summed E-state index contributed by atoms with van der Waals surface area (Å²) in [5, 5.41) is 8.43. The molecule has 5 nitrogen and oxygen atoms in total. The summed E-state index contributed by atoms with van der Waals surface area (Å²) < 4.78 is 0.977. The highest BCUT2D eigenvalue weighted by molar-refractivity contribution is 7.21. The van der Waals surface area contributed by atoms with Gasteiger partial charge in [-0.15, -0.1) is 11.3 Å². The fourth-order valence-electron chi connectivity index (χ4n) is 2.95. The van der Waals surface area contributed by atoms with E-state index in [0.29, 0.717) is 15.6 Å². The van der Waals surface area contributed by atoms with E-state index in [1.165, 1.54) is 11.3 Å². The second kappa shape index (κ2) is 7.97. The van der Waals surface area contributed by atoms with E-state index in [4.69, 9.17) is 11.6 Å². The largest absolute Gasteiger partial charge is 0.326 e. The normalized spacial score (nSPS) is 14.1.